The molecule has 0 amide bonds. The summed E-state index contributed by atoms with van der Waals surface area (Å²) in [6, 6.07) is 7.47. The summed E-state index contributed by atoms with van der Waals surface area (Å²) < 4.78 is 17.0. The molecule has 0 spiro atoms. The van der Waals surface area contributed by atoms with Crippen LogP contribution in [0.25, 0.3) is 0 Å². The Kier molecular flexibility index (Phi) is 3.33. The van der Waals surface area contributed by atoms with E-state index >= 15 is 0 Å². The Hall–Kier alpha value is -1.51. The molecule has 2 rings (SSSR count). The molecule has 1 atom stereocenters. The van der Waals surface area contributed by atoms with Gasteiger partial charge in [-0.15, -0.1) is 0 Å². The Morgan fingerprint density at radius 2 is 2.17 bits per heavy atom. The summed E-state index contributed by atoms with van der Waals surface area (Å²) in [7, 11) is 1.02. The molecule has 1 heterocycles. The standard InChI is InChI=1S/C13H16BNO3/c1-9-13(2,3)18-14(17-9)12-10(8-15)6-5-7-11(12)16-4/h5-7,9H,1-4H3. The van der Waals surface area contributed by atoms with Crippen molar-refractivity contribution in [2.45, 2.75) is 32.5 Å². The zero-order valence-electron chi connectivity index (χ0n) is 11.1. The first-order valence-electron chi connectivity index (χ1n) is 5.90. The average molecular weight is 245 g/mol. The molecule has 0 aromatic heterocycles. The van der Waals surface area contributed by atoms with Crippen LogP contribution in [-0.2, 0) is 9.31 Å². The minimum Gasteiger partial charge on any atom is -0.497 e. The molecule has 18 heavy (non-hydrogen) atoms. The minimum absolute atomic E-state index is 0.0426. The van der Waals surface area contributed by atoms with Gasteiger partial charge >= 0.3 is 7.12 Å². The van der Waals surface area contributed by atoms with Crippen molar-refractivity contribution in [3.8, 4) is 11.8 Å². The van der Waals surface area contributed by atoms with Gasteiger partial charge in [0.1, 0.15) is 5.75 Å². The van der Waals surface area contributed by atoms with Gasteiger partial charge in [0.2, 0.25) is 0 Å². The van der Waals surface area contributed by atoms with Crippen LogP contribution in [0.1, 0.15) is 26.3 Å². The van der Waals surface area contributed by atoms with Gasteiger partial charge in [0, 0.05) is 5.46 Å². The third-order valence-corrected chi connectivity index (χ3v) is 3.36. The van der Waals surface area contributed by atoms with E-state index in [0.717, 1.165) is 0 Å². The lowest BCUT2D eigenvalue weighted by Gasteiger charge is -2.21. The first-order chi connectivity index (χ1) is 8.49. The van der Waals surface area contributed by atoms with E-state index in [1.165, 1.54) is 0 Å². The topological polar surface area (TPSA) is 51.5 Å². The maximum Gasteiger partial charge on any atom is 0.499 e. The summed E-state index contributed by atoms with van der Waals surface area (Å²) in [5.41, 5.74) is 0.808. The fourth-order valence-corrected chi connectivity index (χ4v) is 1.94. The van der Waals surface area contributed by atoms with Gasteiger partial charge in [-0.1, -0.05) is 6.07 Å². The van der Waals surface area contributed by atoms with Gasteiger partial charge in [-0.2, -0.15) is 5.26 Å². The molecule has 0 aliphatic carbocycles. The van der Waals surface area contributed by atoms with Crippen molar-refractivity contribution in [1.82, 2.24) is 0 Å². The Labute approximate surface area is 108 Å². The highest BCUT2D eigenvalue weighted by atomic mass is 16.7. The molecule has 4 nitrogen and oxygen atoms in total. The van der Waals surface area contributed by atoms with Gasteiger partial charge in [0.05, 0.1) is 30.4 Å². The molecule has 1 aromatic carbocycles. The van der Waals surface area contributed by atoms with E-state index in [4.69, 9.17) is 14.0 Å². The van der Waals surface area contributed by atoms with Crippen LogP contribution in [-0.4, -0.2) is 25.9 Å². The van der Waals surface area contributed by atoms with Gasteiger partial charge < -0.3 is 14.0 Å². The van der Waals surface area contributed by atoms with Crippen LogP contribution in [0.5, 0.6) is 5.75 Å². The summed E-state index contributed by atoms with van der Waals surface area (Å²) in [4.78, 5) is 0. The van der Waals surface area contributed by atoms with E-state index in [1.807, 2.05) is 20.8 Å². The third kappa shape index (κ3) is 2.10. The molecule has 0 bridgehead atoms. The van der Waals surface area contributed by atoms with Gasteiger partial charge in [0.15, 0.2) is 0 Å². The lowest BCUT2D eigenvalue weighted by molar-refractivity contribution is 0.0842. The molecular formula is C13H16BNO3. The molecule has 0 N–H and O–H groups in total. The van der Waals surface area contributed by atoms with Crippen LogP contribution in [0.2, 0.25) is 0 Å². The van der Waals surface area contributed by atoms with Crippen LogP contribution in [0.3, 0.4) is 0 Å². The third-order valence-electron chi connectivity index (χ3n) is 3.36. The molecule has 1 aliphatic heterocycles. The molecule has 1 aromatic rings. The second kappa shape index (κ2) is 4.64. The summed E-state index contributed by atoms with van der Waals surface area (Å²) in [6.45, 7) is 5.90. The highest BCUT2D eigenvalue weighted by Gasteiger charge is 2.46. The fraction of sp³-hybridized carbons (Fsp3) is 0.462. The summed E-state index contributed by atoms with van der Waals surface area (Å²) in [5.74, 6) is 0.615. The highest BCUT2D eigenvalue weighted by Crippen LogP contribution is 2.28. The van der Waals surface area contributed by atoms with Crippen LogP contribution >= 0.6 is 0 Å². The molecule has 94 valence electrons. The van der Waals surface area contributed by atoms with E-state index in [9.17, 15) is 5.26 Å². The second-order valence-corrected chi connectivity index (χ2v) is 4.86. The van der Waals surface area contributed by atoms with E-state index in [1.54, 1.807) is 25.3 Å². The normalized spacial score (nSPS) is 21.7. The summed E-state index contributed by atoms with van der Waals surface area (Å²) >= 11 is 0. The fourth-order valence-electron chi connectivity index (χ4n) is 1.94. The van der Waals surface area contributed by atoms with E-state index < -0.39 is 7.12 Å². The number of nitriles is 1. The van der Waals surface area contributed by atoms with Crippen molar-refractivity contribution >= 4 is 12.6 Å². The number of hydrogen-bond donors (Lipinski definition) is 0. The monoisotopic (exact) mass is 245 g/mol. The van der Waals surface area contributed by atoms with E-state index in [2.05, 4.69) is 6.07 Å². The smallest absolute Gasteiger partial charge is 0.497 e. The molecule has 1 aliphatic rings. The quantitative estimate of drug-likeness (QED) is 0.740. The summed E-state index contributed by atoms with van der Waals surface area (Å²) in [5, 5.41) is 9.18. The summed E-state index contributed by atoms with van der Waals surface area (Å²) in [6.07, 6.45) is -0.0426. The minimum atomic E-state index is -0.555. The molecule has 1 unspecified atom stereocenters. The lowest BCUT2D eigenvalue weighted by Crippen LogP contribution is -2.37. The van der Waals surface area contributed by atoms with Crippen molar-refractivity contribution < 1.29 is 14.0 Å². The van der Waals surface area contributed by atoms with E-state index in [0.29, 0.717) is 16.8 Å². The lowest BCUT2D eigenvalue weighted by atomic mass is 9.75. The zero-order chi connectivity index (χ0) is 13.3. The van der Waals surface area contributed by atoms with Crippen LogP contribution in [0.4, 0.5) is 0 Å². The molecule has 1 saturated heterocycles. The van der Waals surface area contributed by atoms with Crippen molar-refractivity contribution in [3.05, 3.63) is 23.8 Å². The van der Waals surface area contributed by atoms with Gasteiger partial charge in [-0.25, -0.2) is 0 Å². The van der Waals surface area contributed by atoms with E-state index in [-0.39, 0.29) is 11.7 Å². The maximum absolute atomic E-state index is 9.18. The molecule has 0 radical (unpaired) electrons. The van der Waals surface area contributed by atoms with Crippen LogP contribution in [0, 0.1) is 11.3 Å². The SMILES string of the molecule is COc1cccc(C#N)c1B1OC(C)C(C)(C)O1. The number of hydrogen-bond acceptors (Lipinski definition) is 4. The molecule has 0 saturated carbocycles. The molecular weight excluding hydrogens is 229 g/mol. The number of nitrogens with zero attached hydrogens (tertiary/aromatic N) is 1. The van der Waals surface area contributed by atoms with Crippen LogP contribution in [0.15, 0.2) is 18.2 Å². The number of methoxy groups -OCH3 is 1. The Morgan fingerprint density at radius 3 is 2.67 bits per heavy atom. The first-order valence-corrected chi connectivity index (χ1v) is 5.90. The highest BCUT2D eigenvalue weighted by molar-refractivity contribution is 6.63. The molecule has 5 heteroatoms. The average Bonchev–Trinajstić information content (AvgIpc) is 2.62. The number of rotatable bonds is 2. The van der Waals surface area contributed by atoms with Crippen molar-refractivity contribution in [1.29, 1.82) is 5.26 Å². The van der Waals surface area contributed by atoms with Gasteiger partial charge in [-0.05, 0) is 32.9 Å². The maximum atomic E-state index is 9.18. The number of ether oxygens (including phenoxy) is 1. The van der Waals surface area contributed by atoms with Gasteiger partial charge in [-0.3, -0.25) is 0 Å². The van der Waals surface area contributed by atoms with Crippen molar-refractivity contribution in [3.63, 3.8) is 0 Å². The largest absolute Gasteiger partial charge is 0.499 e. The first kappa shape index (κ1) is 12.9. The van der Waals surface area contributed by atoms with Crippen molar-refractivity contribution in [2.75, 3.05) is 7.11 Å². The van der Waals surface area contributed by atoms with Crippen LogP contribution < -0.4 is 10.2 Å². The Morgan fingerprint density at radius 1 is 1.44 bits per heavy atom. The predicted molar refractivity (Wildman–Crippen MR) is 68.8 cm³/mol. The predicted octanol–water partition coefficient (Wildman–Crippen LogP) is 1.48. The van der Waals surface area contributed by atoms with Crippen molar-refractivity contribution in [2.24, 2.45) is 0 Å². The van der Waals surface area contributed by atoms with Gasteiger partial charge in [0.25, 0.3) is 0 Å². The Balaban J connectivity index is 2.43. The number of benzene rings is 1. The second-order valence-electron chi connectivity index (χ2n) is 4.86. The Bertz CT molecular complexity index is 495. The molecule has 1 fully saturated rings. The zero-order valence-corrected chi connectivity index (χ0v) is 11.1.